The minimum Gasteiger partial charge on any atom is -0.497 e. The molecule has 0 saturated heterocycles. The van der Waals surface area contributed by atoms with Crippen molar-refractivity contribution in [1.29, 1.82) is 0 Å². The lowest BCUT2D eigenvalue weighted by molar-refractivity contribution is 0.415. The second-order valence-corrected chi connectivity index (χ2v) is 7.79. The van der Waals surface area contributed by atoms with E-state index in [9.17, 15) is 4.39 Å². The Bertz CT molecular complexity index is 1050. The molecule has 4 rings (SSSR count). The molecule has 1 nitrogen and oxygen atoms in total. The lowest BCUT2D eigenvalue weighted by atomic mass is 9.70. The zero-order valence-corrected chi connectivity index (χ0v) is 18.0. The summed E-state index contributed by atoms with van der Waals surface area (Å²) in [6, 6.07) is 13.7. The minimum atomic E-state index is -0.168. The third kappa shape index (κ3) is 2.58. The van der Waals surface area contributed by atoms with Crippen molar-refractivity contribution in [2.75, 3.05) is 7.11 Å². The Labute approximate surface area is 173 Å². The molecule has 0 heterocycles. The number of fused-ring (bicyclic) bond motifs is 3. The minimum absolute atomic E-state index is 0.153. The number of ether oxygens (including phenoxy) is 1. The van der Waals surface area contributed by atoms with Gasteiger partial charge in [-0.25, -0.2) is 4.39 Å². The summed E-state index contributed by atoms with van der Waals surface area (Å²) in [4.78, 5) is 0. The van der Waals surface area contributed by atoms with E-state index in [1.165, 1.54) is 39.0 Å². The van der Waals surface area contributed by atoms with Crippen LogP contribution in [0.2, 0.25) is 0 Å². The van der Waals surface area contributed by atoms with Gasteiger partial charge in [0.05, 0.1) is 7.11 Å². The number of rotatable bonds is 5. The fourth-order valence-corrected chi connectivity index (χ4v) is 5.74. The Kier molecular flexibility index (Phi) is 4.98. The van der Waals surface area contributed by atoms with Crippen molar-refractivity contribution in [1.82, 2.24) is 0 Å². The van der Waals surface area contributed by atoms with E-state index in [1.54, 1.807) is 19.2 Å². The van der Waals surface area contributed by atoms with Crippen LogP contribution < -0.4 is 4.74 Å². The molecule has 0 aliphatic heterocycles. The molecule has 150 valence electrons. The molecule has 2 aromatic carbocycles. The van der Waals surface area contributed by atoms with Crippen molar-refractivity contribution in [3.05, 3.63) is 82.2 Å². The number of halogens is 1. The molecule has 1 atom stereocenters. The van der Waals surface area contributed by atoms with Gasteiger partial charge in [0.1, 0.15) is 11.6 Å². The Morgan fingerprint density at radius 1 is 0.966 bits per heavy atom. The van der Waals surface area contributed by atoms with Crippen molar-refractivity contribution in [2.24, 2.45) is 5.41 Å². The zero-order valence-electron chi connectivity index (χ0n) is 18.0. The summed E-state index contributed by atoms with van der Waals surface area (Å²) in [6.45, 7) is 8.87. The smallest absolute Gasteiger partial charge is 0.123 e. The predicted octanol–water partition coefficient (Wildman–Crippen LogP) is 7.69. The van der Waals surface area contributed by atoms with Gasteiger partial charge in [-0.15, -0.1) is 0 Å². The van der Waals surface area contributed by atoms with E-state index < -0.39 is 0 Å². The quantitative estimate of drug-likeness (QED) is 0.510. The van der Waals surface area contributed by atoms with Crippen LogP contribution in [0.5, 0.6) is 5.75 Å². The fraction of sp³-hybridized carbons (Fsp3) is 0.333. The van der Waals surface area contributed by atoms with Crippen LogP contribution in [-0.2, 0) is 0 Å². The zero-order chi connectivity index (χ0) is 20.8. The molecule has 0 amide bonds. The predicted molar refractivity (Wildman–Crippen MR) is 120 cm³/mol. The SMILES string of the molecule is C/C=C1\c2cc(F)ccc2C2=C(c3ccc(OC)cc3)C(CC)=C(CC)C21CC. The Hall–Kier alpha value is -2.61. The second-order valence-electron chi connectivity index (χ2n) is 7.79. The van der Waals surface area contributed by atoms with E-state index in [4.69, 9.17) is 4.74 Å². The average Bonchev–Trinajstić information content (AvgIpc) is 3.19. The van der Waals surface area contributed by atoms with Crippen molar-refractivity contribution >= 4 is 16.7 Å². The van der Waals surface area contributed by atoms with E-state index >= 15 is 0 Å². The highest BCUT2D eigenvalue weighted by atomic mass is 19.1. The molecule has 0 saturated carbocycles. The lowest BCUT2D eigenvalue weighted by Gasteiger charge is -2.32. The maximum absolute atomic E-state index is 14.2. The number of hydrogen-bond acceptors (Lipinski definition) is 1. The fourth-order valence-electron chi connectivity index (χ4n) is 5.74. The third-order valence-electron chi connectivity index (χ3n) is 6.76. The van der Waals surface area contributed by atoms with E-state index in [0.29, 0.717) is 0 Å². The van der Waals surface area contributed by atoms with Crippen LogP contribution in [0, 0.1) is 11.2 Å². The van der Waals surface area contributed by atoms with Crippen LogP contribution in [0.15, 0.2) is 59.7 Å². The molecule has 0 N–H and O–H groups in total. The standard InChI is InChI=1S/C27H29FO/c1-6-20-23(7-2)27(9-4)24(8-3)22-16-18(28)12-15-21(22)26(27)25(20)17-10-13-19(29-5)14-11-17/h8,10-16H,6-7,9H2,1-5H3/b24-8+. The first-order chi connectivity index (χ1) is 14.1. The van der Waals surface area contributed by atoms with E-state index in [2.05, 4.69) is 45.9 Å². The van der Waals surface area contributed by atoms with Gasteiger partial charge in [-0.05, 0) is 89.4 Å². The van der Waals surface area contributed by atoms with Crippen LogP contribution in [0.3, 0.4) is 0 Å². The summed E-state index contributed by atoms with van der Waals surface area (Å²) in [7, 11) is 1.70. The van der Waals surface area contributed by atoms with Gasteiger partial charge >= 0.3 is 0 Å². The largest absolute Gasteiger partial charge is 0.497 e. The second kappa shape index (κ2) is 7.33. The van der Waals surface area contributed by atoms with Crippen molar-refractivity contribution in [2.45, 2.75) is 47.0 Å². The molecule has 29 heavy (non-hydrogen) atoms. The van der Waals surface area contributed by atoms with Crippen LogP contribution in [0.25, 0.3) is 16.7 Å². The van der Waals surface area contributed by atoms with Gasteiger partial charge in [0.2, 0.25) is 0 Å². The van der Waals surface area contributed by atoms with Crippen molar-refractivity contribution < 1.29 is 9.13 Å². The van der Waals surface area contributed by atoms with Crippen LogP contribution in [0.4, 0.5) is 4.39 Å². The summed E-state index contributed by atoms with van der Waals surface area (Å²) in [5.41, 5.74) is 10.2. The van der Waals surface area contributed by atoms with Gasteiger partial charge in [0.25, 0.3) is 0 Å². The highest BCUT2D eigenvalue weighted by molar-refractivity contribution is 6.15. The molecule has 0 aromatic heterocycles. The Morgan fingerprint density at radius 2 is 1.69 bits per heavy atom. The monoisotopic (exact) mass is 388 g/mol. The van der Waals surface area contributed by atoms with Gasteiger partial charge in [-0.1, -0.05) is 50.6 Å². The Morgan fingerprint density at radius 3 is 2.24 bits per heavy atom. The van der Waals surface area contributed by atoms with E-state index in [1.807, 2.05) is 18.2 Å². The summed E-state index contributed by atoms with van der Waals surface area (Å²) in [6.07, 6.45) is 5.16. The third-order valence-corrected chi connectivity index (χ3v) is 6.76. The number of hydrogen-bond donors (Lipinski definition) is 0. The molecule has 0 radical (unpaired) electrons. The maximum atomic E-state index is 14.2. The molecule has 2 aliphatic carbocycles. The highest BCUT2D eigenvalue weighted by Crippen LogP contribution is 2.68. The van der Waals surface area contributed by atoms with Crippen LogP contribution >= 0.6 is 0 Å². The van der Waals surface area contributed by atoms with E-state index in [0.717, 1.165) is 30.6 Å². The molecule has 1 unspecified atom stereocenters. The van der Waals surface area contributed by atoms with Gasteiger partial charge in [-0.3, -0.25) is 0 Å². The molecule has 2 heteroatoms. The molecular formula is C27H29FO. The molecule has 0 fully saturated rings. The summed E-state index contributed by atoms with van der Waals surface area (Å²) in [5, 5.41) is 0. The first-order valence-corrected chi connectivity index (χ1v) is 10.7. The summed E-state index contributed by atoms with van der Waals surface area (Å²) < 4.78 is 19.6. The molecule has 0 bridgehead atoms. The normalized spacial score (nSPS) is 21.8. The van der Waals surface area contributed by atoms with Gasteiger partial charge < -0.3 is 4.74 Å². The van der Waals surface area contributed by atoms with Gasteiger partial charge in [0, 0.05) is 5.41 Å². The van der Waals surface area contributed by atoms with Gasteiger partial charge in [0.15, 0.2) is 0 Å². The highest BCUT2D eigenvalue weighted by Gasteiger charge is 2.52. The maximum Gasteiger partial charge on any atom is 0.123 e. The Balaban J connectivity index is 2.12. The topological polar surface area (TPSA) is 9.23 Å². The van der Waals surface area contributed by atoms with Gasteiger partial charge in [-0.2, -0.15) is 0 Å². The van der Waals surface area contributed by atoms with Crippen molar-refractivity contribution in [3.63, 3.8) is 0 Å². The first-order valence-electron chi connectivity index (χ1n) is 10.7. The summed E-state index contributed by atoms with van der Waals surface area (Å²) in [5.74, 6) is 0.693. The van der Waals surface area contributed by atoms with Crippen LogP contribution in [-0.4, -0.2) is 7.11 Å². The molecular weight excluding hydrogens is 359 g/mol. The molecule has 2 aromatic rings. The van der Waals surface area contributed by atoms with Crippen molar-refractivity contribution in [3.8, 4) is 5.75 Å². The molecule has 2 aliphatic rings. The lowest BCUT2D eigenvalue weighted by Crippen LogP contribution is -2.19. The van der Waals surface area contributed by atoms with Crippen LogP contribution in [0.1, 0.15) is 63.6 Å². The number of allylic oxidation sites excluding steroid dienone is 6. The molecule has 0 spiro atoms. The number of benzene rings is 2. The number of methoxy groups -OCH3 is 1. The average molecular weight is 389 g/mol. The van der Waals surface area contributed by atoms with E-state index in [-0.39, 0.29) is 11.2 Å². The first kappa shape index (κ1) is 19.7. The summed E-state index contributed by atoms with van der Waals surface area (Å²) >= 11 is 0.